The molecule has 1 aliphatic heterocycles. The van der Waals surface area contributed by atoms with E-state index in [0.29, 0.717) is 13.1 Å². The first-order valence-corrected chi connectivity index (χ1v) is 5.49. The molecule has 0 bridgehead atoms. The van der Waals surface area contributed by atoms with E-state index >= 15 is 0 Å². The molecule has 0 saturated heterocycles. The SMILES string of the molecule is C=CCOC(=O)N1Cc2ccc(C(=O)O)cc2C1. The van der Waals surface area contributed by atoms with E-state index in [9.17, 15) is 9.59 Å². The second-order valence-electron chi connectivity index (χ2n) is 4.01. The molecule has 1 aromatic rings. The van der Waals surface area contributed by atoms with Crippen LogP contribution in [0.1, 0.15) is 21.5 Å². The van der Waals surface area contributed by atoms with Crippen molar-refractivity contribution in [1.29, 1.82) is 0 Å². The summed E-state index contributed by atoms with van der Waals surface area (Å²) in [7, 11) is 0. The van der Waals surface area contributed by atoms with E-state index in [1.165, 1.54) is 11.0 Å². The molecule has 0 fully saturated rings. The Morgan fingerprint density at radius 1 is 1.39 bits per heavy atom. The molecule has 2 rings (SSSR count). The predicted molar refractivity (Wildman–Crippen MR) is 64.2 cm³/mol. The van der Waals surface area contributed by atoms with Crippen LogP contribution in [0.25, 0.3) is 0 Å². The Balaban J connectivity index is 2.10. The Kier molecular flexibility index (Phi) is 3.32. The van der Waals surface area contributed by atoms with Gasteiger partial charge >= 0.3 is 12.1 Å². The maximum atomic E-state index is 11.6. The molecule has 1 aromatic carbocycles. The highest BCUT2D eigenvalue weighted by atomic mass is 16.6. The van der Waals surface area contributed by atoms with Crippen LogP contribution in [-0.2, 0) is 17.8 Å². The Labute approximate surface area is 104 Å². The number of aromatic carboxylic acids is 1. The van der Waals surface area contributed by atoms with Gasteiger partial charge in [-0.2, -0.15) is 0 Å². The average molecular weight is 247 g/mol. The van der Waals surface area contributed by atoms with Crippen LogP contribution in [0.2, 0.25) is 0 Å². The van der Waals surface area contributed by atoms with Crippen molar-refractivity contribution in [2.24, 2.45) is 0 Å². The third-order valence-corrected chi connectivity index (χ3v) is 2.76. The van der Waals surface area contributed by atoms with Crippen molar-refractivity contribution in [2.45, 2.75) is 13.1 Å². The molecular formula is C13H13NO4. The Morgan fingerprint density at radius 2 is 2.11 bits per heavy atom. The van der Waals surface area contributed by atoms with Crippen LogP contribution in [0, 0.1) is 0 Å². The summed E-state index contributed by atoms with van der Waals surface area (Å²) in [5.74, 6) is -0.967. The summed E-state index contributed by atoms with van der Waals surface area (Å²) in [4.78, 5) is 24.0. The molecule has 1 heterocycles. The first-order valence-electron chi connectivity index (χ1n) is 5.49. The number of hydrogen-bond donors (Lipinski definition) is 1. The Hall–Kier alpha value is -2.30. The molecule has 0 saturated carbocycles. The number of ether oxygens (including phenoxy) is 1. The van der Waals surface area contributed by atoms with Gasteiger partial charge in [0.1, 0.15) is 6.61 Å². The molecule has 1 aliphatic rings. The zero-order chi connectivity index (χ0) is 13.1. The van der Waals surface area contributed by atoms with Gasteiger partial charge in [-0.1, -0.05) is 18.7 Å². The number of carbonyl (C=O) groups is 2. The molecule has 5 nitrogen and oxygen atoms in total. The maximum absolute atomic E-state index is 11.6. The van der Waals surface area contributed by atoms with Crippen LogP contribution in [0.15, 0.2) is 30.9 Å². The van der Waals surface area contributed by atoms with Crippen LogP contribution in [0.3, 0.4) is 0 Å². The Morgan fingerprint density at radius 3 is 2.78 bits per heavy atom. The molecule has 18 heavy (non-hydrogen) atoms. The van der Waals surface area contributed by atoms with E-state index in [1.54, 1.807) is 18.2 Å². The third-order valence-electron chi connectivity index (χ3n) is 2.76. The smallest absolute Gasteiger partial charge is 0.410 e. The normalized spacial score (nSPS) is 13.0. The van der Waals surface area contributed by atoms with Gasteiger partial charge in [0.2, 0.25) is 0 Å². The van der Waals surface area contributed by atoms with Crippen molar-refractivity contribution < 1.29 is 19.4 Å². The van der Waals surface area contributed by atoms with Crippen LogP contribution < -0.4 is 0 Å². The molecule has 5 heteroatoms. The summed E-state index contributed by atoms with van der Waals surface area (Å²) in [5.41, 5.74) is 2.04. The fraction of sp³-hybridized carbons (Fsp3) is 0.231. The van der Waals surface area contributed by atoms with Crippen molar-refractivity contribution in [3.8, 4) is 0 Å². The summed E-state index contributed by atoms with van der Waals surface area (Å²) in [6.45, 7) is 4.47. The molecule has 0 atom stereocenters. The molecule has 0 spiro atoms. The van der Waals surface area contributed by atoms with Crippen molar-refractivity contribution >= 4 is 12.1 Å². The van der Waals surface area contributed by atoms with Gasteiger partial charge in [0.05, 0.1) is 5.56 Å². The molecule has 1 N–H and O–H groups in total. The summed E-state index contributed by atoms with van der Waals surface area (Å²) in [6.07, 6.45) is 1.09. The number of benzene rings is 1. The summed E-state index contributed by atoms with van der Waals surface area (Å²) >= 11 is 0. The van der Waals surface area contributed by atoms with Crippen LogP contribution in [-0.4, -0.2) is 28.7 Å². The van der Waals surface area contributed by atoms with Gasteiger partial charge in [-0.25, -0.2) is 9.59 Å². The average Bonchev–Trinajstić information content (AvgIpc) is 2.78. The highest BCUT2D eigenvalue weighted by Gasteiger charge is 2.24. The van der Waals surface area contributed by atoms with Gasteiger partial charge in [0.25, 0.3) is 0 Å². The monoisotopic (exact) mass is 247 g/mol. The van der Waals surface area contributed by atoms with Crippen LogP contribution >= 0.6 is 0 Å². The molecule has 1 amide bonds. The van der Waals surface area contributed by atoms with E-state index in [0.717, 1.165) is 11.1 Å². The molecule has 0 aliphatic carbocycles. The second-order valence-corrected chi connectivity index (χ2v) is 4.01. The summed E-state index contributed by atoms with van der Waals surface area (Å²) in [6, 6.07) is 4.87. The zero-order valence-corrected chi connectivity index (χ0v) is 9.76. The molecular weight excluding hydrogens is 234 g/mol. The topological polar surface area (TPSA) is 66.8 Å². The lowest BCUT2D eigenvalue weighted by molar-refractivity contribution is 0.0696. The van der Waals surface area contributed by atoms with Crippen molar-refractivity contribution in [3.63, 3.8) is 0 Å². The van der Waals surface area contributed by atoms with Gasteiger partial charge in [0.15, 0.2) is 0 Å². The standard InChI is InChI=1S/C13H13NO4/c1-2-5-18-13(17)14-7-10-4-3-9(12(15)16)6-11(10)8-14/h2-4,6H,1,5,7-8H2,(H,15,16). The molecule has 0 unspecified atom stereocenters. The van der Waals surface area contributed by atoms with Gasteiger partial charge in [-0.3, -0.25) is 4.90 Å². The minimum Gasteiger partial charge on any atom is -0.478 e. The first kappa shape index (κ1) is 12.2. The highest BCUT2D eigenvalue weighted by molar-refractivity contribution is 5.88. The number of hydrogen-bond acceptors (Lipinski definition) is 3. The van der Waals surface area contributed by atoms with Crippen molar-refractivity contribution in [3.05, 3.63) is 47.5 Å². The second kappa shape index (κ2) is 4.91. The van der Waals surface area contributed by atoms with E-state index in [1.807, 2.05) is 0 Å². The van der Waals surface area contributed by atoms with E-state index < -0.39 is 12.1 Å². The van der Waals surface area contributed by atoms with Gasteiger partial charge < -0.3 is 9.84 Å². The zero-order valence-electron chi connectivity index (χ0n) is 9.76. The summed E-state index contributed by atoms with van der Waals surface area (Å²) < 4.78 is 4.94. The van der Waals surface area contributed by atoms with Crippen LogP contribution in [0.5, 0.6) is 0 Å². The molecule has 0 radical (unpaired) electrons. The molecule has 0 aromatic heterocycles. The predicted octanol–water partition coefficient (Wildman–Crippen LogP) is 2.02. The minimum atomic E-state index is -0.967. The van der Waals surface area contributed by atoms with E-state index in [2.05, 4.69) is 6.58 Å². The number of fused-ring (bicyclic) bond motifs is 1. The van der Waals surface area contributed by atoms with Gasteiger partial charge in [-0.05, 0) is 23.3 Å². The third kappa shape index (κ3) is 2.34. The lowest BCUT2D eigenvalue weighted by Gasteiger charge is -2.14. The lowest BCUT2D eigenvalue weighted by Crippen LogP contribution is -2.26. The number of nitrogens with zero attached hydrogens (tertiary/aromatic N) is 1. The molecule has 94 valence electrons. The van der Waals surface area contributed by atoms with E-state index in [4.69, 9.17) is 9.84 Å². The Bertz CT molecular complexity index is 510. The van der Waals surface area contributed by atoms with Crippen molar-refractivity contribution in [2.75, 3.05) is 6.61 Å². The van der Waals surface area contributed by atoms with E-state index in [-0.39, 0.29) is 12.2 Å². The van der Waals surface area contributed by atoms with Gasteiger partial charge in [-0.15, -0.1) is 0 Å². The minimum absolute atomic E-state index is 0.173. The highest BCUT2D eigenvalue weighted by Crippen LogP contribution is 2.24. The van der Waals surface area contributed by atoms with Gasteiger partial charge in [0, 0.05) is 13.1 Å². The number of carboxylic acids is 1. The number of amides is 1. The fourth-order valence-electron chi connectivity index (χ4n) is 1.88. The summed E-state index contributed by atoms with van der Waals surface area (Å²) in [5, 5.41) is 8.89. The largest absolute Gasteiger partial charge is 0.478 e. The number of rotatable bonds is 3. The number of carboxylic acid groups (broad SMARTS) is 1. The lowest BCUT2D eigenvalue weighted by atomic mass is 10.1. The van der Waals surface area contributed by atoms with Crippen LogP contribution in [0.4, 0.5) is 4.79 Å². The maximum Gasteiger partial charge on any atom is 0.410 e. The quantitative estimate of drug-likeness (QED) is 0.830. The fourth-order valence-corrected chi connectivity index (χ4v) is 1.88. The first-order chi connectivity index (χ1) is 8.61. The number of carbonyl (C=O) groups excluding carboxylic acids is 1. The van der Waals surface area contributed by atoms with Crippen molar-refractivity contribution in [1.82, 2.24) is 4.90 Å².